The third-order valence-corrected chi connectivity index (χ3v) is 3.91. The van der Waals surface area contributed by atoms with Crippen LogP contribution in [0.3, 0.4) is 0 Å². The van der Waals surface area contributed by atoms with Crippen LogP contribution in [0.25, 0.3) is 22.4 Å². The van der Waals surface area contributed by atoms with Gasteiger partial charge in [-0.2, -0.15) is 0 Å². The highest BCUT2D eigenvalue weighted by molar-refractivity contribution is 5.89. The maximum Gasteiger partial charge on any atom is 0.0702 e. The largest absolute Gasteiger partial charge is 0.264 e. The molecule has 0 aliphatic carbocycles. The van der Waals surface area contributed by atoms with Crippen molar-refractivity contribution in [1.29, 1.82) is 0 Å². The lowest BCUT2D eigenvalue weighted by atomic mass is 9.96. The lowest BCUT2D eigenvalue weighted by Gasteiger charge is -2.10. The van der Waals surface area contributed by atoms with Crippen molar-refractivity contribution in [3.63, 3.8) is 0 Å². The van der Waals surface area contributed by atoms with Crippen LogP contribution in [-0.4, -0.2) is 9.97 Å². The van der Waals surface area contributed by atoms with Crippen molar-refractivity contribution in [3.05, 3.63) is 84.3 Å². The summed E-state index contributed by atoms with van der Waals surface area (Å²) < 4.78 is 0. The fraction of sp³-hybridized carbons (Fsp3) is 0.100. The van der Waals surface area contributed by atoms with Gasteiger partial charge >= 0.3 is 0 Å². The second-order valence-electron chi connectivity index (χ2n) is 5.29. The van der Waals surface area contributed by atoms with E-state index in [1.165, 1.54) is 16.7 Å². The Bertz CT molecular complexity index is 790. The van der Waals surface area contributed by atoms with Gasteiger partial charge in [-0.3, -0.25) is 9.97 Å². The number of allylic oxidation sites excluding steroid dienone is 2. The van der Waals surface area contributed by atoms with Crippen molar-refractivity contribution >= 4 is 11.1 Å². The van der Waals surface area contributed by atoms with Gasteiger partial charge in [-0.05, 0) is 60.4 Å². The van der Waals surface area contributed by atoms with Crippen LogP contribution in [0.2, 0.25) is 0 Å². The topological polar surface area (TPSA) is 25.8 Å². The Kier molecular flexibility index (Phi) is 4.10. The van der Waals surface area contributed by atoms with Gasteiger partial charge < -0.3 is 0 Å². The lowest BCUT2D eigenvalue weighted by molar-refractivity contribution is 1.30. The molecule has 0 aliphatic rings. The fourth-order valence-corrected chi connectivity index (χ4v) is 2.46. The molecule has 0 fully saturated rings. The van der Waals surface area contributed by atoms with E-state index in [1.54, 1.807) is 6.20 Å². The molecule has 3 rings (SSSR count). The Balaban J connectivity index is 2.02. The van der Waals surface area contributed by atoms with E-state index in [9.17, 15) is 0 Å². The van der Waals surface area contributed by atoms with E-state index < -0.39 is 0 Å². The summed E-state index contributed by atoms with van der Waals surface area (Å²) >= 11 is 0. The minimum Gasteiger partial charge on any atom is -0.264 e. The van der Waals surface area contributed by atoms with Gasteiger partial charge in [0.2, 0.25) is 0 Å². The number of rotatable bonds is 3. The lowest BCUT2D eigenvalue weighted by Crippen LogP contribution is -1.89. The van der Waals surface area contributed by atoms with Crippen LogP contribution in [-0.2, 0) is 0 Å². The summed E-state index contributed by atoms with van der Waals surface area (Å²) in [5.74, 6) is 0. The molecule has 2 aromatic heterocycles. The number of pyridine rings is 2. The third-order valence-electron chi connectivity index (χ3n) is 3.91. The molecule has 0 bridgehead atoms. The molecule has 0 radical (unpaired) electrons. The van der Waals surface area contributed by atoms with Crippen LogP contribution in [0.15, 0.2) is 73.2 Å². The predicted octanol–water partition coefficient (Wildman–Crippen LogP) is 5.09. The molecule has 2 heterocycles. The third kappa shape index (κ3) is 2.96. The standard InChI is InChI=1S/C20H18N2/c1-15(16(2)19-9-6-11-21-14-19)17-7-5-8-18(13-17)20-10-3-4-12-22-20/h3-14H,1-2H3/b16-15+. The Morgan fingerprint density at radius 1 is 0.773 bits per heavy atom. The van der Waals surface area contributed by atoms with Crippen LogP contribution in [0.4, 0.5) is 0 Å². The Hall–Kier alpha value is -2.74. The van der Waals surface area contributed by atoms with E-state index in [0.717, 1.165) is 16.8 Å². The minimum absolute atomic E-state index is 0.996. The molecule has 0 saturated heterocycles. The minimum atomic E-state index is 0.996. The first-order chi connectivity index (χ1) is 10.8. The predicted molar refractivity (Wildman–Crippen MR) is 92.1 cm³/mol. The smallest absolute Gasteiger partial charge is 0.0702 e. The number of nitrogens with zero attached hydrogens (tertiary/aromatic N) is 2. The Labute approximate surface area is 131 Å². The van der Waals surface area contributed by atoms with Crippen LogP contribution in [0.1, 0.15) is 25.0 Å². The molecule has 3 aromatic rings. The van der Waals surface area contributed by atoms with Crippen molar-refractivity contribution in [1.82, 2.24) is 9.97 Å². The summed E-state index contributed by atoms with van der Waals surface area (Å²) in [6.07, 6.45) is 5.53. The maximum atomic E-state index is 4.43. The molecule has 0 saturated carbocycles. The number of aromatic nitrogens is 2. The van der Waals surface area contributed by atoms with Crippen LogP contribution < -0.4 is 0 Å². The van der Waals surface area contributed by atoms with Gasteiger partial charge in [-0.15, -0.1) is 0 Å². The first-order valence-electron chi connectivity index (χ1n) is 7.35. The molecule has 2 nitrogen and oxygen atoms in total. The zero-order chi connectivity index (χ0) is 15.4. The Morgan fingerprint density at radius 3 is 2.32 bits per heavy atom. The first-order valence-corrected chi connectivity index (χ1v) is 7.35. The molecule has 0 spiro atoms. The first kappa shape index (κ1) is 14.2. The second kappa shape index (κ2) is 6.35. The van der Waals surface area contributed by atoms with Crippen molar-refractivity contribution in [2.75, 3.05) is 0 Å². The highest BCUT2D eigenvalue weighted by Crippen LogP contribution is 2.27. The van der Waals surface area contributed by atoms with Crippen molar-refractivity contribution in [2.45, 2.75) is 13.8 Å². The molecule has 0 N–H and O–H groups in total. The van der Waals surface area contributed by atoms with E-state index in [0.29, 0.717) is 0 Å². The molecule has 2 heteroatoms. The molecule has 0 unspecified atom stereocenters. The number of hydrogen-bond donors (Lipinski definition) is 0. The summed E-state index contributed by atoms with van der Waals surface area (Å²) in [4.78, 5) is 8.63. The average Bonchev–Trinajstić information content (AvgIpc) is 2.62. The zero-order valence-corrected chi connectivity index (χ0v) is 12.8. The summed E-state index contributed by atoms with van der Waals surface area (Å²) in [6, 6.07) is 18.6. The Morgan fingerprint density at radius 2 is 1.59 bits per heavy atom. The molecular weight excluding hydrogens is 268 g/mol. The van der Waals surface area contributed by atoms with Gasteiger partial charge in [-0.25, -0.2) is 0 Å². The SMILES string of the molecule is C/C(=C(/C)c1cccc(-c2ccccn2)c1)c1cccnc1. The van der Waals surface area contributed by atoms with Crippen LogP contribution in [0, 0.1) is 0 Å². The molecule has 0 aliphatic heterocycles. The van der Waals surface area contributed by atoms with E-state index in [1.807, 2.05) is 36.7 Å². The van der Waals surface area contributed by atoms with Crippen LogP contribution >= 0.6 is 0 Å². The van der Waals surface area contributed by atoms with E-state index in [4.69, 9.17) is 0 Å². The quantitative estimate of drug-likeness (QED) is 0.670. The number of hydrogen-bond acceptors (Lipinski definition) is 2. The maximum absolute atomic E-state index is 4.43. The highest BCUT2D eigenvalue weighted by Gasteiger charge is 2.05. The molecular formula is C20H18N2. The molecule has 1 aromatic carbocycles. The average molecular weight is 286 g/mol. The van der Waals surface area contributed by atoms with E-state index >= 15 is 0 Å². The molecule has 0 amide bonds. The summed E-state index contributed by atoms with van der Waals surface area (Å²) in [5, 5.41) is 0. The highest BCUT2D eigenvalue weighted by atomic mass is 14.7. The van der Waals surface area contributed by atoms with Gasteiger partial charge in [-0.1, -0.05) is 30.3 Å². The summed E-state index contributed by atoms with van der Waals surface area (Å²) in [7, 11) is 0. The van der Waals surface area contributed by atoms with Gasteiger partial charge in [0.1, 0.15) is 0 Å². The molecule has 108 valence electrons. The summed E-state index contributed by atoms with van der Waals surface area (Å²) in [6.45, 7) is 4.29. The fourth-order valence-electron chi connectivity index (χ4n) is 2.46. The second-order valence-corrected chi connectivity index (χ2v) is 5.29. The van der Waals surface area contributed by atoms with Crippen molar-refractivity contribution in [2.24, 2.45) is 0 Å². The monoisotopic (exact) mass is 286 g/mol. The van der Waals surface area contributed by atoms with E-state index in [2.05, 4.69) is 54.1 Å². The van der Waals surface area contributed by atoms with Gasteiger partial charge in [0.05, 0.1) is 5.69 Å². The number of benzene rings is 1. The van der Waals surface area contributed by atoms with Crippen LogP contribution in [0.5, 0.6) is 0 Å². The summed E-state index contributed by atoms with van der Waals surface area (Å²) in [5.41, 5.74) is 7.00. The van der Waals surface area contributed by atoms with Crippen molar-refractivity contribution in [3.8, 4) is 11.3 Å². The van der Waals surface area contributed by atoms with E-state index in [-0.39, 0.29) is 0 Å². The zero-order valence-electron chi connectivity index (χ0n) is 12.8. The molecule has 22 heavy (non-hydrogen) atoms. The van der Waals surface area contributed by atoms with Gasteiger partial charge in [0.15, 0.2) is 0 Å². The van der Waals surface area contributed by atoms with Crippen molar-refractivity contribution < 1.29 is 0 Å². The molecule has 0 atom stereocenters. The normalized spacial score (nSPS) is 11.9. The van der Waals surface area contributed by atoms with Gasteiger partial charge in [0.25, 0.3) is 0 Å². The van der Waals surface area contributed by atoms with Gasteiger partial charge in [0, 0.05) is 24.2 Å².